The van der Waals surface area contributed by atoms with E-state index in [1.54, 1.807) is 0 Å². The van der Waals surface area contributed by atoms with Gasteiger partial charge in [0, 0.05) is 41.9 Å². The van der Waals surface area contributed by atoms with Gasteiger partial charge in [-0.25, -0.2) is 0 Å². The van der Waals surface area contributed by atoms with Crippen molar-refractivity contribution in [3.63, 3.8) is 0 Å². The molecule has 3 heterocycles. The van der Waals surface area contributed by atoms with Gasteiger partial charge in [0.05, 0.1) is 6.61 Å². The highest BCUT2D eigenvalue weighted by Crippen LogP contribution is 2.40. The van der Waals surface area contributed by atoms with E-state index in [0.717, 1.165) is 31.6 Å². The molecule has 0 radical (unpaired) electrons. The van der Waals surface area contributed by atoms with Crippen LogP contribution in [-0.4, -0.2) is 6.61 Å². The average molecular weight is 411 g/mol. The van der Waals surface area contributed by atoms with Gasteiger partial charge in [-0.2, -0.15) is 0 Å². The van der Waals surface area contributed by atoms with Gasteiger partial charge in [0.1, 0.15) is 5.75 Å². The predicted molar refractivity (Wildman–Crippen MR) is 122 cm³/mol. The Morgan fingerprint density at radius 2 is 1.72 bits per heavy atom. The Labute approximate surface area is 175 Å². The third-order valence-electron chi connectivity index (χ3n) is 6.32. The first-order chi connectivity index (χ1) is 14.4. The van der Waals surface area contributed by atoms with Crippen molar-refractivity contribution in [3.05, 3.63) is 96.9 Å². The van der Waals surface area contributed by atoms with Crippen LogP contribution in [0.25, 0.3) is 20.2 Å². The lowest BCUT2D eigenvalue weighted by molar-refractivity contribution is 0.357. The van der Waals surface area contributed by atoms with Crippen molar-refractivity contribution in [1.82, 2.24) is 0 Å². The van der Waals surface area contributed by atoms with E-state index in [-0.39, 0.29) is 0 Å². The van der Waals surface area contributed by atoms with Crippen LogP contribution in [0.1, 0.15) is 16.0 Å². The summed E-state index contributed by atoms with van der Waals surface area (Å²) in [6, 6.07) is 20.4. The van der Waals surface area contributed by atoms with Crippen LogP contribution >= 0.6 is 22.7 Å². The molecule has 3 heteroatoms. The fourth-order valence-electron chi connectivity index (χ4n) is 4.94. The molecule has 7 rings (SSSR count). The Kier molecular flexibility index (Phi) is 3.32. The second-order valence-electron chi connectivity index (χ2n) is 7.96. The first-order valence-corrected chi connectivity index (χ1v) is 11.9. The summed E-state index contributed by atoms with van der Waals surface area (Å²) in [6.07, 6.45) is 3.24. The van der Waals surface area contributed by atoms with E-state index in [0.29, 0.717) is 0 Å². The summed E-state index contributed by atoms with van der Waals surface area (Å²) in [5.74, 6) is 1.08. The van der Waals surface area contributed by atoms with Crippen molar-refractivity contribution in [1.29, 1.82) is 0 Å². The SMILES string of the molecule is c1ccc2c(c1)=c1c=2c2sc(CCc3ccc4c(c3)CCO4)cc2c2sccc12. The first kappa shape index (κ1) is 16.2. The van der Waals surface area contributed by atoms with Gasteiger partial charge in [0.15, 0.2) is 0 Å². The summed E-state index contributed by atoms with van der Waals surface area (Å²) in [5.41, 5.74) is 2.79. The second kappa shape index (κ2) is 5.94. The highest BCUT2D eigenvalue weighted by atomic mass is 32.1. The fraction of sp³-hybridized carbons (Fsp3) is 0.154. The van der Waals surface area contributed by atoms with Gasteiger partial charge in [-0.3, -0.25) is 0 Å². The minimum absolute atomic E-state index is 0.832. The molecule has 0 bridgehead atoms. The highest BCUT2D eigenvalue weighted by Gasteiger charge is 2.16. The van der Waals surface area contributed by atoms with Gasteiger partial charge in [0.2, 0.25) is 0 Å². The molecule has 2 aromatic heterocycles. The molecule has 2 aliphatic rings. The van der Waals surface area contributed by atoms with Crippen LogP contribution in [0.4, 0.5) is 0 Å². The standard InChI is InChI=1S/C26H18OS2/c1-2-4-19-18(3-1)23-20-10-12-28-25(20)21-14-17(29-26(21)24(19)23)7-5-15-6-8-22-16(13-15)9-11-27-22/h1-4,6,8,10,12-14H,5,7,9,11H2. The Hall–Kier alpha value is -2.62. The van der Waals surface area contributed by atoms with Crippen LogP contribution in [0, 0.1) is 20.9 Å². The molecule has 0 atom stereocenters. The Morgan fingerprint density at radius 1 is 0.828 bits per heavy atom. The number of rotatable bonds is 3. The molecular weight excluding hydrogens is 392 g/mol. The molecule has 3 aromatic carbocycles. The third-order valence-corrected chi connectivity index (χ3v) is 8.48. The summed E-state index contributed by atoms with van der Waals surface area (Å²) in [7, 11) is 0. The molecule has 0 saturated heterocycles. The number of benzene rings is 3. The van der Waals surface area contributed by atoms with E-state index >= 15 is 0 Å². The number of thiophene rings is 2. The zero-order valence-electron chi connectivity index (χ0n) is 15.8. The second-order valence-corrected chi connectivity index (χ2v) is 10.0. The lowest BCUT2D eigenvalue weighted by Crippen LogP contribution is -1.91. The molecule has 5 aromatic rings. The summed E-state index contributed by atoms with van der Waals surface area (Å²) in [6.45, 7) is 0.832. The summed E-state index contributed by atoms with van der Waals surface area (Å²) in [4.78, 5) is 1.49. The number of fused-ring (bicyclic) bond motifs is 8. The quantitative estimate of drug-likeness (QED) is 0.314. The van der Waals surface area contributed by atoms with E-state index in [1.165, 1.54) is 57.1 Å². The Morgan fingerprint density at radius 3 is 2.66 bits per heavy atom. The Bertz CT molecular complexity index is 1640. The molecule has 29 heavy (non-hydrogen) atoms. The van der Waals surface area contributed by atoms with Crippen molar-refractivity contribution in [2.45, 2.75) is 19.3 Å². The van der Waals surface area contributed by atoms with Crippen LogP contribution in [0.5, 0.6) is 5.75 Å². The lowest BCUT2D eigenvalue weighted by Gasteiger charge is -2.07. The zero-order valence-corrected chi connectivity index (χ0v) is 17.5. The number of aryl methyl sites for hydroxylation is 2. The summed E-state index contributed by atoms with van der Waals surface area (Å²) < 4.78 is 8.58. The Balaban J connectivity index is 1.36. The monoisotopic (exact) mass is 410 g/mol. The van der Waals surface area contributed by atoms with Crippen LogP contribution in [-0.2, 0) is 19.3 Å². The van der Waals surface area contributed by atoms with Crippen LogP contribution < -0.4 is 4.74 Å². The minimum atomic E-state index is 0.832. The number of hydrogen-bond donors (Lipinski definition) is 0. The predicted octanol–water partition coefficient (Wildman–Crippen LogP) is 6.72. The summed E-state index contributed by atoms with van der Waals surface area (Å²) in [5, 5.41) is 10.9. The van der Waals surface area contributed by atoms with Crippen molar-refractivity contribution in [2.75, 3.05) is 6.61 Å². The molecule has 140 valence electrons. The molecule has 0 N–H and O–H groups in total. The molecule has 1 aliphatic carbocycles. The van der Waals surface area contributed by atoms with Gasteiger partial charge in [-0.15, -0.1) is 22.7 Å². The van der Waals surface area contributed by atoms with E-state index in [2.05, 4.69) is 60.0 Å². The maximum atomic E-state index is 5.65. The van der Waals surface area contributed by atoms with Crippen LogP contribution in [0.2, 0.25) is 0 Å². The maximum Gasteiger partial charge on any atom is 0.122 e. The molecule has 0 unspecified atom stereocenters. The molecule has 0 amide bonds. The van der Waals surface area contributed by atoms with Crippen molar-refractivity contribution < 1.29 is 4.74 Å². The van der Waals surface area contributed by atoms with Crippen molar-refractivity contribution >= 4 is 42.8 Å². The zero-order chi connectivity index (χ0) is 18.9. The number of ether oxygens (including phenoxy) is 1. The van der Waals surface area contributed by atoms with Gasteiger partial charge >= 0.3 is 0 Å². The minimum Gasteiger partial charge on any atom is -0.493 e. The van der Waals surface area contributed by atoms with E-state index in [1.807, 2.05) is 22.7 Å². The van der Waals surface area contributed by atoms with E-state index in [9.17, 15) is 0 Å². The fourth-order valence-corrected chi connectivity index (χ4v) is 7.16. The van der Waals surface area contributed by atoms with E-state index < -0.39 is 0 Å². The third kappa shape index (κ3) is 2.26. The van der Waals surface area contributed by atoms with Crippen molar-refractivity contribution in [2.24, 2.45) is 0 Å². The topological polar surface area (TPSA) is 9.23 Å². The van der Waals surface area contributed by atoms with Gasteiger partial charge < -0.3 is 4.74 Å². The molecule has 0 spiro atoms. The normalized spacial score (nSPS) is 13.8. The van der Waals surface area contributed by atoms with Crippen molar-refractivity contribution in [3.8, 4) is 5.75 Å². The highest BCUT2D eigenvalue weighted by molar-refractivity contribution is 7.22. The first-order valence-electron chi connectivity index (χ1n) is 10.2. The lowest BCUT2D eigenvalue weighted by atomic mass is 9.97. The smallest absolute Gasteiger partial charge is 0.122 e. The van der Waals surface area contributed by atoms with Gasteiger partial charge in [-0.1, -0.05) is 36.4 Å². The van der Waals surface area contributed by atoms with Gasteiger partial charge in [0.25, 0.3) is 0 Å². The van der Waals surface area contributed by atoms with Gasteiger partial charge in [-0.05, 0) is 58.0 Å². The molecular formula is C26H18OS2. The maximum absolute atomic E-state index is 5.65. The molecule has 0 fully saturated rings. The summed E-state index contributed by atoms with van der Waals surface area (Å²) >= 11 is 3.88. The largest absolute Gasteiger partial charge is 0.493 e. The molecule has 0 saturated carbocycles. The molecule has 1 nitrogen and oxygen atoms in total. The molecule has 1 aliphatic heterocycles. The van der Waals surface area contributed by atoms with Crippen LogP contribution in [0.15, 0.2) is 60.0 Å². The number of hydrogen-bond acceptors (Lipinski definition) is 3. The van der Waals surface area contributed by atoms with Crippen LogP contribution in [0.3, 0.4) is 0 Å². The van der Waals surface area contributed by atoms with E-state index in [4.69, 9.17) is 4.74 Å². The average Bonchev–Trinajstić information content (AvgIpc) is 3.46.